The number of anilines is 1. The summed E-state index contributed by atoms with van der Waals surface area (Å²) < 4.78 is 0. The minimum absolute atomic E-state index is 0.267. The number of rotatable bonds is 1. The minimum Gasteiger partial charge on any atom is -0.398 e. The van der Waals surface area contributed by atoms with Gasteiger partial charge in [-0.3, -0.25) is 0 Å². The van der Waals surface area contributed by atoms with E-state index in [0.29, 0.717) is 5.92 Å². The van der Waals surface area contributed by atoms with Crippen LogP contribution >= 0.6 is 0 Å². The van der Waals surface area contributed by atoms with Crippen LogP contribution in [-0.2, 0) is 0 Å². The number of hydrogen-bond donors (Lipinski definition) is 1. The van der Waals surface area contributed by atoms with Gasteiger partial charge in [0.1, 0.15) is 0 Å². The first-order valence-electron chi connectivity index (χ1n) is 7.89. The third-order valence-corrected chi connectivity index (χ3v) is 4.98. The van der Waals surface area contributed by atoms with Crippen LogP contribution in [0.2, 0.25) is 0 Å². The first kappa shape index (κ1) is 14.7. The van der Waals surface area contributed by atoms with Gasteiger partial charge in [0, 0.05) is 23.4 Å². The molecule has 22 heavy (non-hydrogen) atoms. The predicted octanol–water partition coefficient (Wildman–Crippen LogP) is 3.38. The Bertz CT molecular complexity index is 925. The van der Waals surface area contributed by atoms with E-state index in [-0.39, 0.29) is 5.92 Å². The Balaban J connectivity index is 2.43. The Labute approximate surface area is 132 Å². The fourth-order valence-electron chi connectivity index (χ4n) is 3.53. The average molecular weight is 289 g/mol. The Morgan fingerprint density at radius 2 is 1.86 bits per heavy atom. The summed E-state index contributed by atoms with van der Waals surface area (Å²) in [6, 6.07) is 4.37. The number of nitrogens with two attached hydrogens (primary N) is 1. The number of fused-ring (bicyclic) bond motifs is 1. The van der Waals surface area contributed by atoms with Crippen molar-refractivity contribution in [3.05, 3.63) is 39.3 Å². The smallest absolute Gasteiger partial charge is 0.0462 e. The van der Waals surface area contributed by atoms with Crippen molar-refractivity contribution < 1.29 is 0 Å². The number of nitrogen functional groups attached to an aromatic ring is 1. The summed E-state index contributed by atoms with van der Waals surface area (Å²) in [6.07, 6.45) is 2.10. The zero-order chi connectivity index (χ0) is 16.0. The molecule has 2 N–H and O–H groups in total. The van der Waals surface area contributed by atoms with Crippen molar-refractivity contribution in [1.82, 2.24) is 0 Å². The van der Waals surface area contributed by atoms with E-state index in [2.05, 4.69) is 51.0 Å². The van der Waals surface area contributed by atoms with Crippen LogP contribution in [0.3, 0.4) is 0 Å². The van der Waals surface area contributed by atoms with Crippen molar-refractivity contribution in [2.45, 2.75) is 39.5 Å². The molecule has 112 valence electrons. The van der Waals surface area contributed by atoms with Gasteiger partial charge in [0.2, 0.25) is 0 Å². The maximum atomic E-state index is 6.48. The van der Waals surface area contributed by atoms with Gasteiger partial charge in [-0.1, -0.05) is 38.1 Å². The largest absolute Gasteiger partial charge is 0.398 e. The lowest BCUT2D eigenvalue weighted by atomic mass is 9.81. The molecule has 0 spiro atoms. The van der Waals surface area contributed by atoms with E-state index < -0.39 is 0 Å². The van der Waals surface area contributed by atoms with Gasteiger partial charge < -0.3 is 5.73 Å². The molecule has 0 bridgehead atoms. The molecule has 1 aliphatic rings. The zero-order valence-corrected chi connectivity index (χ0v) is 13.7. The second kappa shape index (κ2) is 5.21. The highest BCUT2D eigenvalue weighted by atomic mass is 14.6. The number of aryl methyl sites for hydroxylation is 1. The van der Waals surface area contributed by atoms with Crippen molar-refractivity contribution in [3.63, 3.8) is 0 Å². The second-order valence-corrected chi connectivity index (χ2v) is 6.64. The molecule has 1 heteroatoms. The number of benzene rings is 2. The van der Waals surface area contributed by atoms with E-state index in [1.165, 1.54) is 11.1 Å². The Morgan fingerprint density at radius 3 is 2.55 bits per heavy atom. The van der Waals surface area contributed by atoms with E-state index in [9.17, 15) is 0 Å². The molecular weight excluding hydrogens is 266 g/mol. The van der Waals surface area contributed by atoms with Crippen molar-refractivity contribution in [2.75, 3.05) is 5.73 Å². The van der Waals surface area contributed by atoms with Crippen LogP contribution in [0.5, 0.6) is 0 Å². The fourth-order valence-corrected chi connectivity index (χ4v) is 3.53. The van der Waals surface area contributed by atoms with Crippen LogP contribution in [0, 0.1) is 31.6 Å². The molecule has 0 saturated heterocycles. The summed E-state index contributed by atoms with van der Waals surface area (Å²) in [4.78, 5) is 0. The van der Waals surface area contributed by atoms with Gasteiger partial charge in [-0.2, -0.15) is 0 Å². The highest BCUT2D eigenvalue weighted by molar-refractivity contribution is 6.00. The lowest BCUT2D eigenvalue weighted by Crippen LogP contribution is -2.28. The predicted molar refractivity (Wildman–Crippen MR) is 97.0 cm³/mol. The molecule has 1 aliphatic carbocycles. The van der Waals surface area contributed by atoms with Gasteiger partial charge in [0.15, 0.2) is 0 Å². The SMILES string of the molecule is C=c1c(C)c(N)c2c(C3C#CCC(C)C3)ccc(C)c2c1=C. The normalized spacial score (nSPS) is 20.7. The van der Waals surface area contributed by atoms with E-state index in [4.69, 9.17) is 5.73 Å². The van der Waals surface area contributed by atoms with E-state index in [1.807, 2.05) is 6.92 Å². The topological polar surface area (TPSA) is 26.0 Å². The van der Waals surface area contributed by atoms with E-state index in [1.54, 1.807) is 0 Å². The number of hydrogen-bond acceptors (Lipinski definition) is 1. The van der Waals surface area contributed by atoms with Gasteiger partial charge in [0.05, 0.1) is 0 Å². The summed E-state index contributed by atoms with van der Waals surface area (Å²) in [7, 11) is 0. The summed E-state index contributed by atoms with van der Waals surface area (Å²) in [6.45, 7) is 14.8. The molecule has 0 amide bonds. The van der Waals surface area contributed by atoms with Gasteiger partial charge in [-0.05, 0) is 58.7 Å². The monoisotopic (exact) mass is 289 g/mol. The first-order valence-corrected chi connectivity index (χ1v) is 7.89. The molecule has 2 aromatic carbocycles. The van der Waals surface area contributed by atoms with Crippen molar-refractivity contribution in [3.8, 4) is 11.8 Å². The molecule has 1 nitrogen and oxygen atoms in total. The first-order chi connectivity index (χ1) is 10.4. The van der Waals surface area contributed by atoms with E-state index in [0.717, 1.165) is 45.3 Å². The molecule has 0 aliphatic heterocycles. The summed E-state index contributed by atoms with van der Waals surface area (Å²) >= 11 is 0. The van der Waals surface area contributed by atoms with Gasteiger partial charge in [-0.25, -0.2) is 0 Å². The Morgan fingerprint density at radius 1 is 1.14 bits per heavy atom. The summed E-state index contributed by atoms with van der Waals surface area (Å²) in [5.41, 5.74) is 10.8. The van der Waals surface area contributed by atoms with Gasteiger partial charge >= 0.3 is 0 Å². The standard InChI is InChI=1S/C21H23N/c1-12-7-6-8-17(11-12)18-10-9-13(2)19-15(4)14(3)16(5)21(22)20(18)19/h9-10,12,17H,3-4,7,11,22H2,1-2,5H3. The molecule has 0 aromatic heterocycles. The molecule has 2 aromatic rings. The maximum Gasteiger partial charge on any atom is 0.0462 e. The molecule has 3 rings (SSSR count). The molecular formula is C21H23N. The lowest BCUT2D eigenvalue weighted by molar-refractivity contribution is 0.512. The van der Waals surface area contributed by atoms with Crippen molar-refractivity contribution in [2.24, 2.45) is 5.92 Å². The van der Waals surface area contributed by atoms with Crippen molar-refractivity contribution in [1.29, 1.82) is 0 Å². The van der Waals surface area contributed by atoms with Crippen LogP contribution < -0.4 is 16.2 Å². The van der Waals surface area contributed by atoms with Crippen LogP contribution in [0.1, 0.15) is 42.4 Å². The van der Waals surface area contributed by atoms with Crippen LogP contribution in [0.4, 0.5) is 5.69 Å². The minimum atomic E-state index is 0.267. The summed E-state index contributed by atoms with van der Waals surface area (Å²) in [5, 5.41) is 4.25. The molecule has 0 saturated carbocycles. The van der Waals surface area contributed by atoms with Gasteiger partial charge in [-0.15, -0.1) is 5.92 Å². The maximum absolute atomic E-state index is 6.48. The Kier molecular flexibility index (Phi) is 3.49. The Hall–Kier alpha value is -2.20. The highest BCUT2D eigenvalue weighted by Gasteiger charge is 2.21. The van der Waals surface area contributed by atoms with E-state index >= 15 is 0 Å². The molecule has 2 unspecified atom stereocenters. The van der Waals surface area contributed by atoms with Gasteiger partial charge in [0.25, 0.3) is 0 Å². The van der Waals surface area contributed by atoms with Crippen LogP contribution in [-0.4, -0.2) is 0 Å². The third kappa shape index (κ3) is 2.11. The molecule has 0 heterocycles. The highest BCUT2D eigenvalue weighted by Crippen LogP contribution is 2.35. The quantitative estimate of drug-likeness (QED) is 0.632. The summed E-state index contributed by atoms with van der Waals surface area (Å²) in [5.74, 6) is 7.62. The zero-order valence-electron chi connectivity index (χ0n) is 13.7. The van der Waals surface area contributed by atoms with Crippen molar-refractivity contribution >= 4 is 29.6 Å². The van der Waals surface area contributed by atoms with Crippen LogP contribution in [0.15, 0.2) is 12.1 Å². The molecule has 0 fully saturated rings. The fraction of sp³-hybridized carbons (Fsp3) is 0.333. The second-order valence-electron chi connectivity index (χ2n) is 6.64. The average Bonchev–Trinajstić information content (AvgIpc) is 2.50. The lowest BCUT2D eigenvalue weighted by Gasteiger charge is -2.22. The molecule has 2 atom stereocenters. The van der Waals surface area contributed by atoms with Crippen LogP contribution in [0.25, 0.3) is 23.9 Å². The third-order valence-electron chi connectivity index (χ3n) is 4.98. The molecule has 0 radical (unpaired) electrons.